The van der Waals surface area contributed by atoms with Crippen molar-refractivity contribution in [3.63, 3.8) is 0 Å². The van der Waals surface area contributed by atoms with Crippen molar-refractivity contribution >= 4 is 0 Å². The van der Waals surface area contributed by atoms with Crippen molar-refractivity contribution in [3.05, 3.63) is 42.1 Å². The highest BCUT2D eigenvalue weighted by Crippen LogP contribution is 2.22. The molecule has 2 rings (SSSR count). The third-order valence-electron chi connectivity index (χ3n) is 2.74. The molecule has 16 heavy (non-hydrogen) atoms. The van der Waals surface area contributed by atoms with Crippen LogP contribution in [0.15, 0.2) is 36.4 Å². The first-order valence-corrected chi connectivity index (χ1v) is 5.55. The molecule has 1 heterocycles. The molecule has 0 aliphatic heterocycles. The summed E-state index contributed by atoms with van der Waals surface area (Å²) >= 11 is 0. The summed E-state index contributed by atoms with van der Waals surface area (Å²) in [6.07, 6.45) is 0. The monoisotopic (exact) mass is 215 g/mol. The Hall–Kier alpha value is -1.61. The number of hydrogen-bond acceptors (Lipinski definition) is 2. The lowest BCUT2D eigenvalue weighted by atomic mass is 10.0. The van der Waals surface area contributed by atoms with Crippen LogP contribution in [0.3, 0.4) is 0 Å². The Kier molecular flexibility index (Phi) is 3.06. The zero-order valence-electron chi connectivity index (χ0n) is 9.64. The first-order chi connectivity index (χ1) is 7.68. The van der Waals surface area contributed by atoms with Crippen molar-refractivity contribution in [1.82, 2.24) is 10.2 Å². The third kappa shape index (κ3) is 2.14. The van der Waals surface area contributed by atoms with Crippen molar-refractivity contribution in [1.29, 1.82) is 0 Å². The number of nitrogens with zero attached hydrogens (tertiary/aromatic N) is 1. The highest BCUT2D eigenvalue weighted by Gasteiger charge is 2.13. The fourth-order valence-electron chi connectivity index (χ4n) is 1.62. The second-order valence-electron chi connectivity index (χ2n) is 4.34. The van der Waals surface area contributed by atoms with Crippen molar-refractivity contribution in [2.75, 3.05) is 0 Å². The molecule has 1 aromatic heterocycles. The molecular weight excluding hydrogens is 198 g/mol. The van der Waals surface area contributed by atoms with Crippen LogP contribution >= 0.6 is 0 Å². The highest BCUT2D eigenvalue weighted by atomic mass is 15.1. The number of rotatable bonds is 3. The molecule has 0 aliphatic rings. The number of nitrogens with one attached hydrogen (secondary N) is 1. The van der Waals surface area contributed by atoms with Gasteiger partial charge >= 0.3 is 0 Å². The topological polar surface area (TPSA) is 54.7 Å². The summed E-state index contributed by atoms with van der Waals surface area (Å²) in [4.78, 5) is 0. The summed E-state index contributed by atoms with van der Waals surface area (Å²) < 4.78 is 0. The second kappa shape index (κ2) is 4.49. The molecule has 0 radical (unpaired) electrons. The van der Waals surface area contributed by atoms with Gasteiger partial charge in [0.05, 0.1) is 11.4 Å². The molecule has 1 unspecified atom stereocenters. The predicted octanol–water partition coefficient (Wildman–Crippen LogP) is 2.73. The second-order valence-corrected chi connectivity index (χ2v) is 4.34. The van der Waals surface area contributed by atoms with E-state index in [1.807, 2.05) is 36.4 Å². The van der Waals surface area contributed by atoms with Crippen LogP contribution in [-0.4, -0.2) is 10.2 Å². The van der Waals surface area contributed by atoms with Gasteiger partial charge in [-0.3, -0.25) is 5.10 Å². The molecule has 84 valence electrons. The Labute approximate surface area is 95.7 Å². The van der Waals surface area contributed by atoms with Gasteiger partial charge < -0.3 is 5.73 Å². The largest absolute Gasteiger partial charge is 0.322 e. The molecule has 0 saturated heterocycles. The van der Waals surface area contributed by atoms with E-state index in [1.165, 1.54) is 0 Å². The summed E-state index contributed by atoms with van der Waals surface area (Å²) in [7, 11) is 0. The van der Waals surface area contributed by atoms with E-state index in [-0.39, 0.29) is 6.04 Å². The smallest absolute Gasteiger partial charge is 0.0924 e. The number of hydrogen-bond donors (Lipinski definition) is 2. The molecule has 0 fully saturated rings. The van der Waals surface area contributed by atoms with E-state index in [9.17, 15) is 0 Å². The van der Waals surface area contributed by atoms with Crippen LogP contribution in [0.5, 0.6) is 0 Å². The maximum atomic E-state index is 6.06. The SMILES string of the molecule is CC(C)C(N)c1cc(-c2ccccc2)n[nH]1. The Morgan fingerprint density at radius 2 is 1.88 bits per heavy atom. The maximum absolute atomic E-state index is 6.06. The van der Waals surface area contributed by atoms with E-state index in [4.69, 9.17) is 5.73 Å². The molecule has 0 bridgehead atoms. The summed E-state index contributed by atoms with van der Waals surface area (Å²) in [6, 6.07) is 12.1. The summed E-state index contributed by atoms with van der Waals surface area (Å²) in [5, 5.41) is 7.30. The predicted molar refractivity (Wildman–Crippen MR) is 65.8 cm³/mol. The van der Waals surface area contributed by atoms with Gasteiger partial charge in [0.25, 0.3) is 0 Å². The van der Waals surface area contributed by atoms with Crippen LogP contribution in [0.4, 0.5) is 0 Å². The number of aromatic nitrogens is 2. The molecule has 0 amide bonds. The van der Waals surface area contributed by atoms with Gasteiger partial charge in [0.2, 0.25) is 0 Å². The van der Waals surface area contributed by atoms with E-state index in [0.717, 1.165) is 17.0 Å². The quantitative estimate of drug-likeness (QED) is 0.827. The maximum Gasteiger partial charge on any atom is 0.0924 e. The lowest BCUT2D eigenvalue weighted by molar-refractivity contribution is 0.502. The van der Waals surface area contributed by atoms with E-state index in [1.54, 1.807) is 0 Å². The fourth-order valence-corrected chi connectivity index (χ4v) is 1.62. The third-order valence-corrected chi connectivity index (χ3v) is 2.74. The average Bonchev–Trinajstić information content (AvgIpc) is 2.78. The van der Waals surface area contributed by atoms with E-state index in [2.05, 4.69) is 24.0 Å². The van der Waals surface area contributed by atoms with Gasteiger partial charge in [-0.2, -0.15) is 5.10 Å². The van der Waals surface area contributed by atoms with Gasteiger partial charge in [0.1, 0.15) is 0 Å². The first-order valence-electron chi connectivity index (χ1n) is 5.55. The van der Waals surface area contributed by atoms with Gasteiger partial charge in [-0.25, -0.2) is 0 Å². The number of benzene rings is 1. The van der Waals surface area contributed by atoms with Crippen molar-refractivity contribution < 1.29 is 0 Å². The molecule has 0 spiro atoms. The van der Waals surface area contributed by atoms with Crippen LogP contribution in [-0.2, 0) is 0 Å². The first kappa shape index (κ1) is 10.9. The Morgan fingerprint density at radius 3 is 2.50 bits per heavy atom. The van der Waals surface area contributed by atoms with Crippen LogP contribution in [0.2, 0.25) is 0 Å². The zero-order chi connectivity index (χ0) is 11.5. The Bertz CT molecular complexity index is 445. The van der Waals surface area contributed by atoms with Crippen molar-refractivity contribution in [3.8, 4) is 11.3 Å². The van der Waals surface area contributed by atoms with Gasteiger partial charge in [0, 0.05) is 11.6 Å². The van der Waals surface area contributed by atoms with Gasteiger partial charge in [0.15, 0.2) is 0 Å². The van der Waals surface area contributed by atoms with Crippen LogP contribution < -0.4 is 5.73 Å². The van der Waals surface area contributed by atoms with Gasteiger partial charge in [-0.15, -0.1) is 0 Å². The number of H-pyrrole nitrogens is 1. The van der Waals surface area contributed by atoms with Gasteiger partial charge in [-0.1, -0.05) is 44.2 Å². The van der Waals surface area contributed by atoms with Crippen LogP contribution in [0, 0.1) is 5.92 Å². The van der Waals surface area contributed by atoms with Crippen molar-refractivity contribution in [2.24, 2.45) is 11.7 Å². The lowest BCUT2D eigenvalue weighted by Gasteiger charge is -2.12. The van der Waals surface area contributed by atoms with Crippen LogP contribution in [0.25, 0.3) is 11.3 Å². The van der Waals surface area contributed by atoms with E-state index in [0.29, 0.717) is 5.92 Å². The summed E-state index contributed by atoms with van der Waals surface area (Å²) in [6.45, 7) is 4.21. The lowest BCUT2D eigenvalue weighted by Crippen LogP contribution is -2.16. The molecule has 3 nitrogen and oxygen atoms in total. The molecule has 1 aromatic carbocycles. The minimum absolute atomic E-state index is 0.0185. The Morgan fingerprint density at radius 1 is 1.19 bits per heavy atom. The standard InChI is InChI=1S/C13H17N3/c1-9(2)13(14)12-8-11(15-16-12)10-6-4-3-5-7-10/h3-9,13H,14H2,1-2H3,(H,15,16). The molecule has 2 aromatic rings. The zero-order valence-corrected chi connectivity index (χ0v) is 9.64. The fraction of sp³-hybridized carbons (Fsp3) is 0.308. The van der Waals surface area contributed by atoms with Gasteiger partial charge in [-0.05, 0) is 12.0 Å². The van der Waals surface area contributed by atoms with E-state index < -0.39 is 0 Å². The average molecular weight is 215 g/mol. The number of aromatic amines is 1. The molecule has 0 saturated carbocycles. The van der Waals surface area contributed by atoms with Crippen LogP contribution in [0.1, 0.15) is 25.6 Å². The van der Waals surface area contributed by atoms with Crippen molar-refractivity contribution in [2.45, 2.75) is 19.9 Å². The summed E-state index contributed by atoms with van der Waals surface area (Å²) in [5.41, 5.74) is 9.11. The molecule has 3 heteroatoms. The minimum Gasteiger partial charge on any atom is -0.322 e. The number of nitrogens with two attached hydrogens (primary N) is 1. The van der Waals surface area contributed by atoms with E-state index >= 15 is 0 Å². The summed E-state index contributed by atoms with van der Waals surface area (Å²) in [5.74, 6) is 0.407. The minimum atomic E-state index is 0.0185. The molecule has 0 aliphatic carbocycles. The Balaban J connectivity index is 2.27. The molecule has 3 N–H and O–H groups in total. The normalized spacial score (nSPS) is 13.0. The molecular formula is C13H17N3. The molecule has 1 atom stereocenters. The highest BCUT2D eigenvalue weighted by molar-refractivity contribution is 5.59.